The van der Waals surface area contributed by atoms with E-state index in [1.54, 1.807) is 97.5 Å². The average molecular weight is 1890 g/mol. The number of Topliss-reactive ketones (excluding diaryl/α,β-unsaturated/α-hetero) is 2. The van der Waals surface area contributed by atoms with Crippen LogP contribution in [0.1, 0.15) is 157 Å². The van der Waals surface area contributed by atoms with Gasteiger partial charge in [0.05, 0.1) is 64.7 Å². The second-order valence-corrected chi connectivity index (χ2v) is 35.4. The fraction of sp³-hybridized carbons (Fsp3) is 0.0971. The van der Waals surface area contributed by atoms with Crippen LogP contribution in [0.5, 0.6) is 23.5 Å². The summed E-state index contributed by atoms with van der Waals surface area (Å²) in [7, 11) is 1.75. The Morgan fingerprint density at radius 3 is 0.964 bits per heavy atom. The van der Waals surface area contributed by atoms with Gasteiger partial charge >= 0.3 is 0 Å². The predicted molar refractivity (Wildman–Crippen MR) is 542 cm³/mol. The van der Waals surface area contributed by atoms with Crippen molar-refractivity contribution in [3.63, 3.8) is 0 Å². The van der Waals surface area contributed by atoms with Crippen LogP contribution in [0.3, 0.4) is 0 Å². The molecule has 4 amide bonds. The number of amides is 4. The van der Waals surface area contributed by atoms with Gasteiger partial charge in [-0.05, 0) is 244 Å². The summed E-state index contributed by atoms with van der Waals surface area (Å²) in [6.07, 6.45) is 12.5. The Bertz CT molecular complexity index is 7960. The molecule has 0 bridgehead atoms. The van der Waals surface area contributed by atoms with E-state index in [1.165, 1.54) is 47.9 Å². The number of aromatic amines is 8. The highest BCUT2D eigenvalue weighted by atomic mass is 32.1. The molecule has 0 fully saturated rings. The quantitative estimate of drug-likeness (QED) is 0.0177. The number of aryl methyl sites for hydroxylation is 4. The molecule has 16 N–H and O–H groups in total. The van der Waals surface area contributed by atoms with Crippen molar-refractivity contribution in [2.45, 2.75) is 60.3 Å². The lowest BCUT2D eigenvalue weighted by Gasteiger charge is -2.07. The summed E-state index contributed by atoms with van der Waals surface area (Å²) in [5.41, 5.74) is 20.4. The summed E-state index contributed by atoms with van der Waals surface area (Å²) in [6, 6.07) is 74.1. The van der Waals surface area contributed by atoms with Crippen LogP contribution in [0.2, 0.25) is 0 Å². The summed E-state index contributed by atoms with van der Waals surface area (Å²) in [4.78, 5) is 105. The first-order valence-corrected chi connectivity index (χ1v) is 45.7. The van der Waals surface area contributed by atoms with Crippen LogP contribution in [-0.2, 0) is 32.7 Å². The third-order valence-electron chi connectivity index (χ3n) is 22.0. The first-order valence-electron chi connectivity index (χ1n) is 43.2. The minimum Gasteiger partial charge on any atom is -0.494 e. The van der Waals surface area contributed by atoms with E-state index >= 15 is 0 Å². The lowest BCUT2D eigenvalue weighted by Crippen LogP contribution is -2.16. The molecule has 8 aromatic carbocycles. The van der Waals surface area contributed by atoms with Crippen molar-refractivity contribution in [3.8, 4) is 23.5 Å². The SMILES string of the molecule is CC(=O)c1ccc(C(=O)Nc2ccc(Cc3ccc4[nH]c(O)c(C=Nc5cc(C)[nH]n5)c4c3)cc2)s1.CC(=O)c1ccc(C(=O)Nc2ccc(Cc3ccc4[nH]c(O)c(C=Nc5ccn[nH]5)c4c3)cc2)s1.Cc1cc(C(=O)Nc2ccc(Cc3ccc4[nH]c(O)c(C=Nc5ccn[nH]5)c4c3)cc2)n(C)n1.Cc1cc(N=Cc2c(O)[nH]c3ccc(Cc4ccc(NC(=O)c5cccs5)cc4)cc23)n[nH]1. The standard InChI is InChI=1S/C27H23N5O3S.C26H21N5O3S.C25H23N7O2.C25H21N5O2S/c1-15-11-25(32-31-15)28-14-21-20-13-18(5-8-22(20)30-26(21)34)12-17-3-6-19(7-4-17)29-27(35)24-10-9-23(36-24)16(2)33;1-15(32)22-8-9-23(35-22)26(34)29-18-5-2-16(3-6-18)12-17-4-7-21-19(13-17)20(25(33)30-21)14-27-24-10-11-28-31-24;1-15-11-22(32(2)31-15)25(34)28-18-6-3-16(4-7-18)12-17-5-8-21-19(13-17)20(24(33)29-21)14-26-23-9-10-27-30-23;1-15-11-23(30-29-15)26-14-20-19-13-17(6-9-21(19)28-24(20)31)12-16-4-7-18(8-5-16)27-25(32)22-3-2-10-33-22/h3-11,13-14,30,34H,12H2,1-2H3,(H,29,35)(H,31,32);2-11,13-14,30,33H,12H2,1H3,(H,28,31)(H,29,34);3-11,13-14,29,33H,12H2,1-2H3,(H,27,30)(H,28,34);2-11,13-14,28,31H,12H2,1H3,(H,27,32)(H,29,30). The molecule has 20 aromatic rings. The van der Waals surface area contributed by atoms with Gasteiger partial charge < -0.3 is 61.6 Å². The number of carbonyl (C=O) groups is 6. The molecule has 0 saturated heterocycles. The van der Waals surface area contributed by atoms with Crippen LogP contribution >= 0.6 is 34.0 Å². The van der Waals surface area contributed by atoms with Gasteiger partial charge in [-0.15, -0.1) is 34.0 Å². The van der Waals surface area contributed by atoms with Crippen molar-refractivity contribution in [3.05, 3.63) is 368 Å². The molecule has 12 heterocycles. The Kier molecular flexibility index (Phi) is 27.7. The number of H-pyrrole nitrogens is 8. The van der Waals surface area contributed by atoms with Gasteiger partial charge in [-0.2, -0.15) is 25.5 Å². The topological polar surface area (TPSA) is 477 Å². The van der Waals surface area contributed by atoms with Crippen LogP contribution in [0.15, 0.2) is 274 Å². The third kappa shape index (κ3) is 22.7. The van der Waals surface area contributed by atoms with Crippen molar-refractivity contribution in [1.29, 1.82) is 0 Å². The first-order chi connectivity index (χ1) is 66.8. The molecule has 138 heavy (non-hydrogen) atoms. The minimum absolute atomic E-state index is 0.0522. The summed E-state index contributed by atoms with van der Waals surface area (Å²) in [5.74, 6) is 1.68. The Morgan fingerprint density at radius 1 is 0.362 bits per heavy atom. The molecule has 688 valence electrons. The van der Waals surface area contributed by atoms with Crippen LogP contribution in [0.4, 0.5) is 46.0 Å². The van der Waals surface area contributed by atoms with Gasteiger partial charge in [-0.25, -0.2) is 20.0 Å². The highest BCUT2D eigenvalue weighted by molar-refractivity contribution is 7.16. The number of nitrogens with zero attached hydrogens (tertiary/aromatic N) is 10. The van der Waals surface area contributed by atoms with Crippen molar-refractivity contribution < 1.29 is 49.2 Å². The van der Waals surface area contributed by atoms with E-state index in [9.17, 15) is 49.2 Å². The van der Waals surface area contributed by atoms with Gasteiger partial charge in [0.15, 0.2) is 46.7 Å². The van der Waals surface area contributed by atoms with Gasteiger partial charge in [-0.3, -0.25) is 53.8 Å². The van der Waals surface area contributed by atoms with Crippen molar-refractivity contribution in [1.82, 2.24) is 70.5 Å². The van der Waals surface area contributed by atoms with Crippen LogP contribution in [0.25, 0.3) is 43.6 Å². The number of nitrogens with one attached hydrogen (secondary N) is 12. The molecule has 0 saturated carbocycles. The Hall–Kier alpha value is -17.8. The number of aromatic hydroxyl groups is 4. The van der Waals surface area contributed by atoms with E-state index in [4.69, 9.17) is 0 Å². The van der Waals surface area contributed by atoms with Gasteiger partial charge in [0.25, 0.3) is 23.6 Å². The molecule has 32 nitrogen and oxygen atoms in total. The molecule has 0 spiro atoms. The van der Waals surface area contributed by atoms with E-state index in [-0.39, 0.29) is 58.7 Å². The molecule has 12 aromatic heterocycles. The summed E-state index contributed by atoms with van der Waals surface area (Å²) >= 11 is 3.78. The number of rotatable bonds is 26. The smallest absolute Gasteiger partial charge is 0.273 e. The number of aromatic nitrogens is 14. The maximum absolute atomic E-state index is 12.5. The highest BCUT2D eigenvalue weighted by Crippen LogP contribution is 2.35. The molecule has 0 radical (unpaired) electrons. The van der Waals surface area contributed by atoms with Gasteiger partial charge in [-0.1, -0.05) is 78.9 Å². The van der Waals surface area contributed by atoms with Crippen LogP contribution < -0.4 is 21.3 Å². The van der Waals surface area contributed by atoms with E-state index in [0.717, 1.165) is 123 Å². The number of thiophene rings is 3. The Labute approximate surface area is 798 Å². The number of aliphatic imine (C=N–C) groups is 4. The Balaban J connectivity index is 0.000000127. The minimum atomic E-state index is -0.239. The van der Waals surface area contributed by atoms with E-state index in [0.29, 0.717) is 106 Å². The first kappa shape index (κ1) is 92.0. The Morgan fingerprint density at radius 2 is 0.681 bits per heavy atom. The number of carbonyl (C=O) groups excluding carboxylic acids is 6. The molecule has 0 aliphatic carbocycles. The van der Waals surface area contributed by atoms with Gasteiger partial charge in [0.2, 0.25) is 0 Å². The lowest BCUT2D eigenvalue weighted by atomic mass is 10.0. The number of anilines is 4. The van der Waals surface area contributed by atoms with Gasteiger partial charge in [0.1, 0.15) is 17.3 Å². The molecular formula is C103H88N22O10S3. The van der Waals surface area contributed by atoms with Gasteiger partial charge in [0, 0.05) is 134 Å². The van der Waals surface area contributed by atoms with E-state index in [2.05, 4.69) is 113 Å². The van der Waals surface area contributed by atoms with Crippen molar-refractivity contribution >= 4 is 184 Å². The van der Waals surface area contributed by atoms with E-state index in [1.807, 2.05) is 208 Å². The number of hydrogen-bond acceptors (Lipinski definition) is 22. The maximum Gasteiger partial charge on any atom is 0.273 e. The molecule has 0 aliphatic heterocycles. The third-order valence-corrected chi connectivity index (χ3v) is 25.3. The van der Waals surface area contributed by atoms with Crippen molar-refractivity contribution in [2.75, 3.05) is 21.3 Å². The largest absolute Gasteiger partial charge is 0.494 e. The highest BCUT2D eigenvalue weighted by Gasteiger charge is 2.21. The lowest BCUT2D eigenvalue weighted by molar-refractivity contribution is 0.101. The molecule has 0 unspecified atom stereocenters. The number of fused-ring (bicyclic) bond motifs is 4. The normalized spacial score (nSPS) is 11.4. The number of ketones is 2. The maximum atomic E-state index is 12.5. The molecule has 35 heteroatoms. The second kappa shape index (κ2) is 41.5. The summed E-state index contributed by atoms with van der Waals surface area (Å²) < 4.78 is 1.57. The zero-order valence-corrected chi connectivity index (χ0v) is 77.3. The summed E-state index contributed by atoms with van der Waals surface area (Å²) in [6.45, 7) is 8.63. The van der Waals surface area contributed by atoms with E-state index < -0.39 is 0 Å². The summed E-state index contributed by atoms with van der Waals surface area (Å²) in [5, 5.41) is 89.8. The van der Waals surface area contributed by atoms with Crippen LogP contribution in [-0.4, -0.2) is 151 Å². The number of hydrogen-bond donors (Lipinski definition) is 16. The predicted octanol–water partition coefficient (Wildman–Crippen LogP) is 21.0. The fourth-order valence-corrected chi connectivity index (χ4v) is 17.3. The zero-order chi connectivity index (χ0) is 96.0. The fourth-order valence-electron chi connectivity index (χ4n) is 15.1. The number of benzene rings is 8. The van der Waals surface area contributed by atoms with Crippen molar-refractivity contribution in [2.24, 2.45) is 27.0 Å². The second-order valence-electron chi connectivity index (χ2n) is 32.3. The molecule has 20 rings (SSSR count). The van der Waals surface area contributed by atoms with Crippen LogP contribution in [0, 0.1) is 20.8 Å². The molecule has 0 aliphatic rings. The monoisotopic (exact) mass is 1890 g/mol. The average Bonchev–Trinajstić information content (AvgIpc) is 1.66. The molecular weight excluding hydrogens is 1800 g/mol. The molecule has 0 atom stereocenters. The zero-order valence-electron chi connectivity index (χ0n) is 74.8.